The number of hydrogen-bond donors (Lipinski definition) is 0. The maximum absolute atomic E-state index is 14.0. The van der Waals surface area contributed by atoms with E-state index in [1.54, 1.807) is 24.3 Å². The Morgan fingerprint density at radius 3 is 2.85 bits per heavy atom. The molecule has 1 saturated heterocycles. The van der Waals surface area contributed by atoms with E-state index in [1.165, 1.54) is 6.20 Å². The zero-order chi connectivity index (χ0) is 19.4. The molecule has 1 amide bonds. The molecule has 144 valence electrons. The second-order valence-electron chi connectivity index (χ2n) is 6.62. The van der Waals surface area contributed by atoms with E-state index < -0.39 is 6.10 Å². The third-order valence-corrected chi connectivity index (χ3v) is 4.79. The van der Waals surface area contributed by atoms with Gasteiger partial charge in [0.25, 0.3) is 0 Å². The van der Waals surface area contributed by atoms with E-state index in [1.807, 2.05) is 43.0 Å². The van der Waals surface area contributed by atoms with Crippen LogP contribution in [-0.4, -0.2) is 48.8 Å². The molecule has 1 fully saturated rings. The topological polar surface area (TPSA) is 54.9 Å². The van der Waals surface area contributed by atoms with E-state index >= 15 is 0 Å². The smallest absolute Gasteiger partial charge is 0.410 e. The third kappa shape index (κ3) is 4.30. The highest BCUT2D eigenvalue weighted by Crippen LogP contribution is 2.25. The van der Waals surface area contributed by atoms with Crippen LogP contribution < -0.4 is 9.64 Å². The van der Waals surface area contributed by atoms with Crippen LogP contribution in [0.4, 0.5) is 14.9 Å². The molecule has 0 unspecified atom stereocenters. The van der Waals surface area contributed by atoms with Gasteiger partial charge in [-0.05, 0) is 37.6 Å². The molecule has 1 aliphatic heterocycles. The average molecular weight is 373 g/mol. The molecular formula is C20H24FN3O3. The second-order valence-corrected chi connectivity index (χ2v) is 6.62. The van der Waals surface area contributed by atoms with Gasteiger partial charge in [-0.25, -0.2) is 9.18 Å². The summed E-state index contributed by atoms with van der Waals surface area (Å²) >= 11 is 0. The van der Waals surface area contributed by atoms with Gasteiger partial charge >= 0.3 is 6.09 Å². The summed E-state index contributed by atoms with van der Waals surface area (Å²) in [6, 6.07) is 9.01. The van der Waals surface area contributed by atoms with Crippen LogP contribution >= 0.6 is 0 Å². The molecule has 0 radical (unpaired) electrons. The van der Waals surface area contributed by atoms with E-state index in [0.29, 0.717) is 25.3 Å². The summed E-state index contributed by atoms with van der Waals surface area (Å²) in [5, 5.41) is 0. The number of pyridine rings is 1. The molecule has 6 nitrogen and oxygen atoms in total. The van der Waals surface area contributed by atoms with E-state index in [2.05, 4.69) is 4.98 Å². The number of carbonyl (C=O) groups excluding carboxylic acids is 1. The predicted octanol–water partition coefficient (Wildman–Crippen LogP) is 3.64. The molecular weight excluding hydrogens is 349 g/mol. The maximum atomic E-state index is 14.0. The molecule has 2 atom stereocenters. The van der Waals surface area contributed by atoms with Gasteiger partial charge in [0.15, 0.2) is 5.82 Å². The highest BCUT2D eigenvalue weighted by atomic mass is 19.1. The van der Waals surface area contributed by atoms with Crippen LogP contribution in [0.2, 0.25) is 0 Å². The zero-order valence-corrected chi connectivity index (χ0v) is 15.8. The molecule has 2 heterocycles. The molecule has 0 saturated carbocycles. The number of ether oxygens (including phenoxy) is 2. The Bertz CT molecular complexity index is 802. The molecule has 0 bridgehead atoms. The minimum absolute atomic E-state index is 0.101. The first-order valence-electron chi connectivity index (χ1n) is 8.95. The van der Waals surface area contributed by atoms with Crippen molar-refractivity contribution in [2.24, 2.45) is 0 Å². The van der Waals surface area contributed by atoms with Gasteiger partial charge in [-0.1, -0.05) is 12.1 Å². The molecule has 0 aliphatic carbocycles. The number of halogens is 1. The van der Waals surface area contributed by atoms with Gasteiger partial charge in [-0.2, -0.15) is 0 Å². The van der Waals surface area contributed by atoms with Crippen LogP contribution in [0.1, 0.15) is 25.5 Å². The number of aromatic nitrogens is 1. The monoisotopic (exact) mass is 373 g/mol. The summed E-state index contributed by atoms with van der Waals surface area (Å²) in [7, 11) is 1.60. The van der Waals surface area contributed by atoms with Gasteiger partial charge < -0.3 is 19.3 Å². The van der Waals surface area contributed by atoms with Gasteiger partial charge in [0, 0.05) is 31.9 Å². The number of methoxy groups -OCH3 is 1. The van der Waals surface area contributed by atoms with Crippen LogP contribution in [0, 0.1) is 5.82 Å². The molecule has 1 aromatic carbocycles. The number of piperazine rings is 1. The lowest BCUT2D eigenvalue weighted by Crippen LogP contribution is -2.54. The molecule has 27 heavy (non-hydrogen) atoms. The Morgan fingerprint density at radius 1 is 1.33 bits per heavy atom. The average Bonchev–Trinajstić information content (AvgIpc) is 2.68. The number of nitrogens with zero attached hydrogens (tertiary/aromatic N) is 3. The first kappa shape index (κ1) is 18.9. The summed E-state index contributed by atoms with van der Waals surface area (Å²) < 4.78 is 24.8. The fourth-order valence-electron chi connectivity index (χ4n) is 3.25. The highest BCUT2D eigenvalue weighted by Gasteiger charge is 2.30. The minimum atomic E-state index is -0.393. The summed E-state index contributed by atoms with van der Waals surface area (Å²) in [5.74, 6) is 0.365. The predicted molar refractivity (Wildman–Crippen MR) is 100 cm³/mol. The highest BCUT2D eigenvalue weighted by molar-refractivity contribution is 5.69. The van der Waals surface area contributed by atoms with Gasteiger partial charge in [0.05, 0.1) is 19.0 Å². The quantitative estimate of drug-likeness (QED) is 0.819. The summed E-state index contributed by atoms with van der Waals surface area (Å²) in [6.07, 6.45) is 2.01. The van der Waals surface area contributed by atoms with E-state index in [4.69, 9.17) is 9.47 Å². The Hall–Kier alpha value is -2.83. The molecule has 0 spiro atoms. The number of benzene rings is 1. The second kappa shape index (κ2) is 8.24. The van der Waals surface area contributed by atoms with Crippen molar-refractivity contribution in [3.05, 3.63) is 54.1 Å². The molecule has 7 heteroatoms. The van der Waals surface area contributed by atoms with Crippen molar-refractivity contribution >= 4 is 11.8 Å². The van der Waals surface area contributed by atoms with Gasteiger partial charge in [0.1, 0.15) is 11.9 Å². The number of hydrogen-bond acceptors (Lipinski definition) is 5. The normalized spacial score (nSPS) is 18.1. The van der Waals surface area contributed by atoms with Crippen LogP contribution in [0.5, 0.6) is 5.75 Å². The van der Waals surface area contributed by atoms with Gasteiger partial charge in [0.2, 0.25) is 0 Å². The lowest BCUT2D eigenvalue weighted by atomic mass is 10.1. The fourth-order valence-corrected chi connectivity index (χ4v) is 3.25. The fraction of sp³-hybridized carbons (Fsp3) is 0.400. The van der Waals surface area contributed by atoms with Gasteiger partial charge in [-0.15, -0.1) is 0 Å². The molecule has 1 aromatic heterocycles. The Labute approximate surface area is 158 Å². The van der Waals surface area contributed by atoms with Crippen LogP contribution in [0.15, 0.2) is 42.7 Å². The molecule has 1 aliphatic rings. The SMILES string of the molecule is COc1cccc([C@@H](C)OC(=O)N2CCN(c3ccncc3F)C[C@H]2C)c1. The number of amides is 1. The van der Waals surface area contributed by atoms with E-state index in [0.717, 1.165) is 11.3 Å². The Morgan fingerprint density at radius 2 is 2.15 bits per heavy atom. The largest absolute Gasteiger partial charge is 0.497 e. The summed E-state index contributed by atoms with van der Waals surface area (Å²) in [5.41, 5.74) is 1.38. The van der Waals surface area contributed by atoms with Crippen molar-refractivity contribution in [1.82, 2.24) is 9.88 Å². The Kier molecular flexibility index (Phi) is 5.78. The first-order valence-corrected chi connectivity index (χ1v) is 8.95. The molecule has 2 aromatic rings. The number of rotatable bonds is 4. The van der Waals surface area contributed by atoms with E-state index in [-0.39, 0.29) is 18.0 Å². The standard InChI is InChI=1S/C20H24FN3O3/c1-14-13-23(19-7-8-22-12-18(19)21)9-10-24(14)20(25)27-15(2)16-5-4-6-17(11-16)26-3/h4-8,11-12,14-15H,9-10,13H2,1-3H3/t14-,15-/m1/s1. The van der Waals surface area contributed by atoms with Crippen molar-refractivity contribution in [3.63, 3.8) is 0 Å². The van der Waals surface area contributed by atoms with Gasteiger partial charge in [-0.3, -0.25) is 4.98 Å². The van der Waals surface area contributed by atoms with Crippen molar-refractivity contribution in [3.8, 4) is 5.75 Å². The zero-order valence-electron chi connectivity index (χ0n) is 15.8. The molecule has 0 N–H and O–H groups in total. The van der Waals surface area contributed by atoms with Crippen LogP contribution in [0.3, 0.4) is 0 Å². The number of anilines is 1. The summed E-state index contributed by atoms with van der Waals surface area (Å²) in [6.45, 7) is 5.30. The lowest BCUT2D eigenvalue weighted by molar-refractivity contribution is 0.0559. The Balaban J connectivity index is 1.62. The number of carbonyl (C=O) groups is 1. The minimum Gasteiger partial charge on any atom is -0.497 e. The van der Waals surface area contributed by atoms with Crippen molar-refractivity contribution < 1.29 is 18.7 Å². The van der Waals surface area contributed by atoms with Crippen molar-refractivity contribution in [2.45, 2.75) is 26.0 Å². The maximum Gasteiger partial charge on any atom is 0.410 e. The molecule has 3 rings (SSSR count). The summed E-state index contributed by atoms with van der Waals surface area (Å²) in [4.78, 5) is 20.0. The van der Waals surface area contributed by atoms with Crippen LogP contribution in [0.25, 0.3) is 0 Å². The van der Waals surface area contributed by atoms with E-state index in [9.17, 15) is 9.18 Å². The van der Waals surface area contributed by atoms with Crippen molar-refractivity contribution in [1.29, 1.82) is 0 Å². The van der Waals surface area contributed by atoms with Crippen molar-refractivity contribution in [2.75, 3.05) is 31.6 Å². The third-order valence-electron chi connectivity index (χ3n) is 4.79. The first-order chi connectivity index (χ1) is 13.0. The van der Waals surface area contributed by atoms with Crippen LogP contribution in [-0.2, 0) is 4.74 Å². The lowest BCUT2D eigenvalue weighted by Gasteiger charge is -2.40.